The molecule has 0 aliphatic carbocycles. The topological polar surface area (TPSA) is 55.0 Å². The van der Waals surface area contributed by atoms with Crippen molar-refractivity contribution in [1.82, 2.24) is 9.97 Å². The molecule has 0 radical (unpaired) electrons. The molecule has 4 heteroatoms. The van der Waals surface area contributed by atoms with Crippen LogP contribution in [-0.4, -0.2) is 23.1 Å². The van der Waals surface area contributed by atoms with E-state index in [1.165, 1.54) is 6.42 Å². The molecular weight excluding hydrogens is 212 g/mol. The van der Waals surface area contributed by atoms with E-state index in [4.69, 9.17) is 5.73 Å². The Hall–Kier alpha value is -1.16. The lowest BCUT2D eigenvalue weighted by Crippen LogP contribution is -2.24. The standard InChI is InChI=1S/C13H22N4/c1-9(2)11-4-5-17(8-11)13-15-7-12(6-14)10(3)16-13/h7,9,11H,4-6,8,14H2,1-3H3. The molecule has 1 atom stereocenters. The largest absolute Gasteiger partial charge is 0.341 e. The van der Waals surface area contributed by atoms with Crippen molar-refractivity contribution in [3.8, 4) is 0 Å². The molecule has 0 aromatic carbocycles. The number of rotatable bonds is 3. The first kappa shape index (κ1) is 12.3. The van der Waals surface area contributed by atoms with Crippen molar-refractivity contribution in [2.75, 3.05) is 18.0 Å². The summed E-state index contributed by atoms with van der Waals surface area (Å²) in [5.74, 6) is 2.38. The molecular formula is C13H22N4. The highest BCUT2D eigenvalue weighted by molar-refractivity contribution is 5.34. The van der Waals surface area contributed by atoms with E-state index in [0.29, 0.717) is 6.54 Å². The van der Waals surface area contributed by atoms with Crippen LogP contribution < -0.4 is 10.6 Å². The summed E-state index contributed by atoms with van der Waals surface area (Å²) in [5, 5.41) is 0. The molecule has 0 amide bonds. The molecule has 0 bridgehead atoms. The predicted octanol–water partition coefficient (Wildman–Crippen LogP) is 1.73. The van der Waals surface area contributed by atoms with Crippen molar-refractivity contribution >= 4 is 5.95 Å². The fraction of sp³-hybridized carbons (Fsp3) is 0.692. The quantitative estimate of drug-likeness (QED) is 0.865. The Kier molecular flexibility index (Phi) is 3.62. The van der Waals surface area contributed by atoms with Gasteiger partial charge in [-0.2, -0.15) is 0 Å². The minimum atomic E-state index is 0.515. The van der Waals surface area contributed by atoms with Crippen molar-refractivity contribution < 1.29 is 0 Å². The van der Waals surface area contributed by atoms with E-state index in [1.54, 1.807) is 0 Å². The van der Waals surface area contributed by atoms with Gasteiger partial charge in [-0.15, -0.1) is 0 Å². The summed E-state index contributed by atoms with van der Waals surface area (Å²) < 4.78 is 0. The normalized spacial score (nSPS) is 20.3. The molecule has 1 fully saturated rings. The van der Waals surface area contributed by atoms with Crippen LogP contribution >= 0.6 is 0 Å². The summed E-state index contributed by atoms with van der Waals surface area (Å²) in [6, 6.07) is 0. The monoisotopic (exact) mass is 234 g/mol. The zero-order valence-electron chi connectivity index (χ0n) is 11.0. The van der Waals surface area contributed by atoms with Crippen LogP contribution in [0.25, 0.3) is 0 Å². The first-order valence-corrected chi connectivity index (χ1v) is 6.39. The van der Waals surface area contributed by atoms with E-state index in [2.05, 4.69) is 28.7 Å². The van der Waals surface area contributed by atoms with Gasteiger partial charge in [-0.25, -0.2) is 9.97 Å². The maximum absolute atomic E-state index is 5.62. The lowest BCUT2D eigenvalue weighted by molar-refractivity contribution is 0.422. The van der Waals surface area contributed by atoms with Crippen LogP contribution in [0.5, 0.6) is 0 Å². The van der Waals surface area contributed by atoms with E-state index in [0.717, 1.165) is 42.1 Å². The number of anilines is 1. The van der Waals surface area contributed by atoms with Gasteiger partial charge in [0, 0.05) is 37.1 Å². The van der Waals surface area contributed by atoms with E-state index < -0.39 is 0 Å². The predicted molar refractivity (Wildman–Crippen MR) is 69.8 cm³/mol. The minimum Gasteiger partial charge on any atom is -0.341 e. The molecule has 94 valence electrons. The number of nitrogens with two attached hydrogens (primary N) is 1. The summed E-state index contributed by atoms with van der Waals surface area (Å²) in [7, 11) is 0. The second-order valence-corrected chi connectivity index (χ2v) is 5.22. The van der Waals surface area contributed by atoms with Gasteiger partial charge >= 0.3 is 0 Å². The first-order chi connectivity index (χ1) is 8.11. The van der Waals surface area contributed by atoms with Crippen LogP contribution in [0.4, 0.5) is 5.95 Å². The van der Waals surface area contributed by atoms with Crippen molar-refractivity contribution in [2.24, 2.45) is 17.6 Å². The molecule has 17 heavy (non-hydrogen) atoms. The Labute approximate surface area is 103 Å². The zero-order valence-corrected chi connectivity index (χ0v) is 11.0. The molecule has 1 unspecified atom stereocenters. The highest BCUT2D eigenvalue weighted by Crippen LogP contribution is 2.26. The van der Waals surface area contributed by atoms with Crippen molar-refractivity contribution in [2.45, 2.75) is 33.7 Å². The molecule has 2 N–H and O–H groups in total. The maximum atomic E-state index is 5.62. The molecule has 0 spiro atoms. The lowest BCUT2D eigenvalue weighted by atomic mass is 9.95. The molecule has 2 rings (SSSR count). The smallest absolute Gasteiger partial charge is 0.225 e. The van der Waals surface area contributed by atoms with E-state index in [-0.39, 0.29) is 0 Å². The molecule has 1 aliphatic rings. The second-order valence-electron chi connectivity index (χ2n) is 5.22. The number of nitrogens with zero attached hydrogens (tertiary/aromatic N) is 3. The average molecular weight is 234 g/mol. The van der Waals surface area contributed by atoms with Crippen LogP contribution in [0.1, 0.15) is 31.5 Å². The van der Waals surface area contributed by atoms with Crippen molar-refractivity contribution in [3.05, 3.63) is 17.5 Å². The highest BCUT2D eigenvalue weighted by Gasteiger charge is 2.26. The van der Waals surface area contributed by atoms with Gasteiger partial charge in [0.15, 0.2) is 0 Å². The van der Waals surface area contributed by atoms with Gasteiger partial charge in [-0.05, 0) is 25.2 Å². The molecule has 1 aromatic heterocycles. The number of hydrogen-bond donors (Lipinski definition) is 1. The third-order valence-corrected chi connectivity index (χ3v) is 3.74. The van der Waals surface area contributed by atoms with Crippen LogP contribution in [0.3, 0.4) is 0 Å². The van der Waals surface area contributed by atoms with Gasteiger partial charge in [0.1, 0.15) is 0 Å². The lowest BCUT2D eigenvalue weighted by Gasteiger charge is -2.18. The number of aromatic nitrogens is 2. The Morgan fingerprint density at radius 1 is 1.53 bits per heavy atom. The minimum absolute atomic E-state index is 0.515. The van der Waals surface area contributed by atoms with Gasteiger partial charge in [-0.1, -0.05) is 13.8 Å². The number of hydrogen-bond acceptors (Lipinski definition) is 4. The first-order valence-electron chi connectivity index (χ1n) is 6.39. The van der Waals surface area contributed by atoms with Crippen LogP contribution in [-0.2, 0) is 6.54 Å². The van der Waals surface area contributed by atoms with E-state index in [1.807, 2.05) is 13.1 Å². The van der Waals surface area contributed by atoms with Crippen LogP contribution in [0.2, 0.25) is 0 Å². The van der Waals surface area contributed by atoms with Crippen LogP contribution in [0, 0.1) is 18.8 Å². The Bertz CT molecular complexity index is 389. The average Bonchev–Trinajstić information content (AvgIpc) is 2.78. The molecule has 4 nitrogen and oxygen atoms in total. The third-order valence-electron chi connectivity index (χ3n) is 3.74. The summed E-state index contributed by atoms with van der Waals surface area (Å²) in [4.78, 5) is 11.3. The molecule has 1 aromatic rings. The summed E-state index contributed by atoms with van der Waals surface area (Å²) >= 11 is 0. The zero-order chi connectivity index (χ0) is 12.4. The van der Waals surface area contributed by atoms with E-state index in [9.17, 15) is 0 Å². The Morgan fingerprint density at radius 2 is 2.29 bits per heavy atom. The molecule has 2 heterocycles. The molecule has 1 aliphatic heterocycles. The highest BCUT2D eigenvalue weighted by atomic mass is 15.3. The Balaban J connectivity index is 2.11. The fourth-order valence-corrected chi connectivity index (χ4v) is 2.35. The molecule has 0 saturated carbocycles. The summed E-state index contributed by atoms with van der Waals surface area (Å²) in [6.45, 7) is 9.25. The SMILES string of the molecule is Cc1nc(N2CCC(C(C)C)C2)ncc1CN. The summed E-state index contributed by atoms with van der Waals surface area (Å²) in [5.41, 5.74) is 7.66. The fourth-order valence-electron chi connectivity index (χ4n) is 2.35. The molecule has 1 saturated heterocycles. The third kappa shape index (κ3) is 2.57. The van der Waals surface area contributed by atoms with Gasteiger partial charge in [0.2, 0.25) is 5.95 Å². The Morgan fingerprint density at radius 3 is 2.82 bits per heavy atom. The van der Waals surface area contributed by atoms with Crippen LogP contribution in [0.15, 0.2) is 6.20 Å². The van der Waals surface area contributed by atoms with Crippen molar-refractivity contribution in [1.29, 1.82) is 0 Å². The van der Waals surface area contributed by atoms with Gasteiger partial charge in [-0.3, -0.25) is 0 Å². The van der Waals surface area contributed by atoms with Crippen molar-refractivity contribution in [3.63, 3.8) is 0 Å². The van der Waals surface area contributed by atoms with Gasteiger partial charge in [0.05, 0.1) is 0 Å². The van der Waals surface area contributed by atoms with Gasteiger partial charge < -0.3 is 10.6 Å². The second kappa shape index (κ2) is 5.00. The summed E-state index contributed by atoms with van der Waals surface area (Å²) in [6.07, 6.45) is 3.11. The van der Waals surface area contributed by atoms with E-state index >= 15 is 0 Å². The number of aryl methyl sites for hydroxylation is 1. The maximum Gasteiger partial charge on any atom is 0.225 e. The van der Waals surface area contributed by atoms with Gasteiger partial charge in [0.25, 0.3) is 0 Å².